The third-order valence-corrected chi connectivity index (χ3v) is 8.34. The Bertz CT molecular complexity index is 1390. The van der Waals surface area contributed by atoms with E-state index in [4.69, 9.17) is 23.2 Å². The molecule has 0 unspecified atom stereocenters. The maximum Gasteiger partial charge on any atom is 0.264 e. The van der Waals surface area contributed by atoms with Gasteiger partial charge in [-0.1, -0.05) is 66.0 Å². The summed E-state index contributed by atoms with van der Waals surface area (Å²) < 4.78 is 28.6. The number of carbonyl (C=O) groups excluding carboxylic acids is 2. The van der Waals surface area contributed by atoms with Crippen LogP contribution in [0.4, 0.5) is 5.69 Å². The number of nitrogens with one attached hydrogen (secondary N) is 1. The van der Waals surface area contributed by atoms with Crippen molar-refractivity contribution in [2.75, 3.05) is 10.8 Å². The van der Waals surface area contributed by atoms with E-state index in [1.807, 2.05) is 52.0 Å². The van der Waals surface area contributed by atoms with Crippen molar-refractivity contribution in [1.82, 2.24) is 10.2 Å². The van der Waals surface area contributed by atoms with Crippen LogP contribution in [0.15, 0.2) is 77.7 Å². The first kappa shape index (κ1) is 30.5. The van der Waals surface area contributed by atoms with E-state index in [1.165, 1.54) is 35.2 Å². The Labute approximate surface area is 240 Å². The van der Waals surface area contributed by atoms with Gasteiger partial charge in [-0.3, -0.25) is 13.9 Å². The second-order valence-corrected chi connectivity index (χ2v) is 12.3. The first-order chi connectivity index (χ1) is 18.4. The SMILES string of the molecule is CC[C@@H](C(=O)NC(C)C)N(Cc1ccc(C)cc1)C(=O)CN(c1cccc(Cl)c1)S(=O)(=O)c1ccc(Cl)cc1. The van der Waals surface area contributed by atoms with Gasteiger partial charge in [0.2, 0.25) is 11.8 Å². The molecular formula is C29H33Cl2N3O4S. The molecule has 0 radical (unpaired) electrons. The molecule has 0 bridgehead atoms. The minimum atomic E-state index is -4.20. The predicted molar refractivity (Wildman–Crippen MR) is 157 cm³/mol. The van der Waals surface area contributed by atoms with Gasteiger partial charge < -0.3 is 10.2 Å². The van der Waals surface area contributed by atoms with Gasteiger partial charge in [0.15, 0.2) is 0 Å². The lowest BCUT2D eigenvalue weighted by Gasteiger charge is -2.33. The molecule has 3 rings (SSSR count). The fourth-order valence-corrected chi connectivity index (χ4v) is 5.80. The van der Waals surface area contributed by atoms with Gasteiger partial charge in [0.1, 0.15) is 12.6 Å². The third kappa shape index (κ3) is 7.97. The normalized spacial score (nSPS) is 12.2. The average molecular weight is 591 g/mol. The van der Waals surface area contributed by atoms with Crippen LogP contribution in [0.25, 0.3) is 0 Å². The van der Waals surface area contributed by atoms with Crippen LogP contribution >= 0.6 is 23.2 Å². The zero-order valence-corrected chi connectivity index (χ0v) is 24.7. The summed E-state index contributed by atoms with van der Waals surface area (Å²) in [6.45, 7) is 7.06. The van der Waals surface area contributed by atoms with E-state index in [1.54, 1.807) is 18.2 Å². The van der Waals surface area contributed by atoms with Crippen LogP contribution in [-0.4, -0.2) is 43.8 Å². The first-order valence-corrected chi connectivity index (χ1v) is 14.8. The Hall–Kier alpha value is -3.07. The van der Waals surface area contributed by atoms with Crippen LogP contribution in [-0.2, 0) is 26.2 Å². The molecule has 0 aliphatic rings. The van der Waals surface area contributed by atoms with Crippen LogP contribution in [0.2, 0.25) is 10.0 Å². The van der Waals surface area contributed by atoms with Gasteiger partial charge in [-0.25, -0.2) is 8.42 Å². The highest BCUT2D eigenvalue weighted by molar-refractivity contribution is 7.92. The van der Waals surface area contributed by atoms with Crippen molar-refractivity contribution in [2.24, 2.45) is 0 Å². The van der Waals surface area contributed by atoms with Gasteiger partial charge >= 0.3 is 0 Å². The lowest BCUT2D eigenvalue weighted by molar-refractivity contribution is -0.140. The highest BCUT2D eigenvalue weighted by Crippen LogP contribution is 2.27. The van der Waals surface area contributed by atoms with Crippen molar-refractivity contribution < 1.29 is 18.0 Å². The minimum absolute atomic E-state index is 0.0330. The molecule has 10 heteroatoms. The summed E-state index contributed by atoms with van der Waals surface area (Å²) in [5, 5.41) is 3.58. The lowest BCUT2D eigenvalue weighted by Crippen LogP contribution is -2.53. The lowest BCUT2D eigenvalue weighted by atomic mass is 10.1. The maximum absolute atomic E-state index is 14.0. The molecule has 1 atom stereocenters. The van der Waals surface area contributed by atoms with E-state index in [0.717, 1.165) is 15.4 Å². The second-order valence-electron chi connectivity index (χ2n) is 9.54. The average Bonchev–Trinajstić information content (AvgIpc) is 2.88. The van der Waals surface area contributed by atoms with Crippen LogP contribution in [0.3, 0.4) is 0 Å². The molecule has 7 nitrogen and oxygen atoms in total. The maximum atomic E-state index is 14.0. The number of anilines is 1. The number of sulfonamides is 1. The molecule has 0 spiro atoms. The molecule has 1 N–H and O–H groups in total. The van der Waals surface area contributed by atoms with E-state index < -0.39 is 28.5 Å². The van der Waals surface area contributed by atoms with Crippen molar-refractivity contribution in [1.29, 1.82) is 0 Å². The quantitative estimate of drug-likeness (QED) is 0.305. The summed E-state index contributed by atoms with van der Waals surface area (Å²) >= 11 is 12.2. The topological polar surface area (TPSA) is 86.8 Å². The predicted octanol–water partition coefficient (Wildman–Crippen LogP) is 5.83. The molecule has 0 aromatic heterocycles. The van der Waals surface area contributed by atoms with Gasteiger partial charge in [-0.05, 0) is 75.2 Å². The monoisotopic (exact) mass is 589 g/mol. The summed E-state index contributed by atoms with van der Waals surface area (Å²) in [5.41, 5.74) is 2.10. The molecule has 3 aromatic rings. The zero-order chi connectivity index (χ0) is 28.7. The molecule has 39 heavy (non-hydrogen) atoms. The molecule has 208 valence electrons. The van der Waals surface area contributed by atoms with Crippen LogP contribution < -0.4 is 9.62 Å². The largest absolute Gasteiger partial charge is 0.352 e. The van der Waals surface area contributed by atoms with Crippen LogP contribution in [0, 0.1) is 6.92 Å². The highest BCUT2D eigenvalue weighted by Gasteiger charge is 2.34. The number of hydrogen-bond acceptors (Lipinski definition) is 4. The standard InChI is InChI=1S/C29H33Cl2N3O4S/c1-5-27(29(36)32-20(2)3)33(18-22-11-9-21(4)10-12-22)28(35)19-34(25-8-6-7-24(31)17-25)39(37,38)26-15-13-23(30)14-16-26/h6-17,20,27H,5,18-19H2,1-4H3,(H,32,36)/t27-/m0/s1. The summed E-state index contributed by atoms with van der Waals surface area (Å²) in [6, 6.07) is 18.7. The Morgan fingerprint density at radius 1 is 0.923 bits per heavy atom. The van der Waals surface area contributed by atoms with Gasteiger partial charge in [-0.15, -0.1) is 0 Å². The molecule has 3 aromatic carbocycles. The number of amides is 2. The number of halogens is 2. The second kappa shape index (κ2) is 13.3. The summed E-state index contributed by atoms with van der Waals surface area (Å²) in [4.78, 5) is 28.6. The number of rotatable bonds is 11. The molecule has 2 amide bonds. The smallest absolute Gasteiger partial charge is 0.264 e. The van der Waals surface area contributed by atoms with Crippen molar-refractivity contribution >= 4 is 50.7 Å². The molecule has 0 aliphatic carbocycles. The van der Waals surface area contributed by atoms with Crippen LogP contribution in [0.5, 0.6) is 0 Å². The summed E-state index contributed by atoms with van der Waals surface area (Å²) in [7, 11) is -4.20. The van der Waals surface area contributed by atoms with E-state index in [9.17, 15) is 18.0 Å². The van der Waals surface area contributed by atoms with E-state index in [2.05, 4.69) is 5.32 Å². The van der Waals surface area contributed by atoms with Crippen molar-refractivity contribution in [3.05, 3.63) is 94.0 Å². The molecule has 0 fully saturated rings. The number of nitrogens with zero attached hydrogens (tertiary/aromatic N) is 2. The summed E-state index contributed by atoms with van der Waals surface area (Å²) in [5.74, 6) is -0.832. The van der Waals surface area contributed by atoms with E-state index in [-0.39, 0.29) is 29.1 Å². The van der Waals surface area contributed by atoms with E-state index in [0.29, 0.717) is 16.5 Å². The number of hydrogen-bond donors (Lipinski definition) is 1. The zero-order valence-electron chi connectivity index (χ0n) is 22.4. The first-order valence-electron chi connectivity index (χ1n) is 12.6. The third-order valence-electron chi connectivity index (χ3n) is 6.07. The Morgan fingerprint density at radius 3 is 2.13 bits per heavy atom. The molecular weight excluding hydrogens is 557 g/mol. The van der Waals surface area contributed by atoms with E-state index >= 15 is 0 Å². The number of carbonyl (C=O) groups is 2. The van der Waals surface area contributed by atoms with Gasteiger partial charge in [-0.2, -0.15) is 0 Å². The molecule has 0 aliphatic heterocycles. The molecule has 0 saturated carbocycles. The number of aryl methyl sites for hydroxylation is 1. The van der Waals surface area contributed by atoms with Gasteiger partial charge in [0, 0.05) is 22.6 Å². The van der Waals surface area contributed by atoms with Crippen molar-refractivity contribution in [2.45, 2.75) is 57.6 Å². The van der Waals surface area contributed by atoms with Crippen molar-refractivity contribution in [3.63, 3.8) is 0 Å². The summed E-state index contributed by atoms with van der Waals surface area (Å²) in [6.07, 6.45) is 0.344. The van der Waals surface area contributed by atoms with Crippen LogP contribution in [0.1, 0.15) is 38.3 Å². The Morgan fingerprint density at radius 2 is 1.56 bits per heavy atom. The fraction of sp³-hybridized carbons (Fsp3) is 0.310. The Kier molecular flexibility index (Phi) is 10.4. The van der Waals surface area contributed by atoms with Gasteiger partial charge in [0.25, 0.3) is 10.0 Å². The van der Waals surface area contributed by atoms with Gasteiger partial charge in [0.05, 0.1) is 10.6 Å². The highest BCUT2D eigenvalue weighted by atomic mass is 35.5. The Balaban J connectivity index is 2.06. The minimum Gasteiger partial charge on any atom is -0.352 e. The molecule has 0 heterocycles. The van der Waals surface area contributed by atoms with Crippen molar-refractivity contribution in [3.8, 4) is 0 Å². The molecule has 0 saturated heterocycles. The fourth-order valence-electron chi connectivity index (χ4n) is 4.08. The number of benzene rings is 3.